The number of rotatable bonds is 10. The van der Waals surface area contributed by atoms with Crippen LogP contribution in [0.25, 0.3) is 32.8 Å². The number of hydrazone groups is 1. The summed E-state index contributed by atoms with van der Waals surface area (Å²) in [5, 5.41) is 16.5. The van der Waals surface area contributed by atoms with E-state index in [0.29, 0.717) is 12.6 Å². The lowest BCUT2D eigenvalue weighted by atomic mass is 10.0. The Labute approximate surface area is 204 Å². The van der Waals surface area contributed by atoms with E-state index in [-0.39, 0.29) is 0 Å². The molecule has 0 aliphatic rings. The van der Waals surface area contributed by atoms with Crippen LogP contribution in [0.1, 0.15) is 45.1 Å². The Balaban J connectivity index is 1.46. The number of nitrogens with zero attached hydrogens (tertiary/aromatic N) is 5. The number of benzene rings is 3. The van der Waals surface area contributed by atoms with Crippen molar-refractivity contribution < 1.29 is 4.74 Å². The zero-order valence-corrected chi connectivity index (χ0v) is 20.2. The van der Waals surface area contributed by atoms with E-state index in [1.54, 1.807) is 6.21 Å². The van der Waals surface area contributed by atoms with Crippen molar-refractivity contribution in [2.45, 2.75) is 46.1 Å². The molecule has 5 aromatic rings. The quantitative estimate of drug-likeness (QED) is 0.143. The van der Waals surface area contributed by atoms with Crippen LogP contribution in [0.2, 0.25) is 0 Å². The van der Waals surface area contributed by atoms with Gasteiger partial charge in [-0.2, -0.15) is 10.1 Å². The van der Waals surface area contributed by atoms with Gasteiger partial charge in [0, 0.05) is 17.5 Å². The molecule has 0 atom stereocenters. The molecule has 0 saturated heterocycles. The fraction of sp³-hybridized carbons (Fsp3) is 0.286. The highest BCUT2D eigenvalue weighted by atomic mass is 16.5. The van der Waals surface area contributed by atoms with Gasteiger partial charge in [0.15, 0.2) is 5.65 Å². The van der Waals surface area contributed by atoms with Gasteiger partial charge in [-0.3, -0.25) is 0 Å². The third kappa shape index (κ3) is 4.67. The number of aromatic nitrogens is 4. The van der Waals surface area contributed by atoms with Crippen molar-refractivity contribution in [1.29, 1.82) is 0 Å². The molecule has 0 aliphatic heterocycles. The maximum absolute atomic E-state index is 5.84. The molecule has 0 fully saturated rings. The molecule has 0 amide bonds. The first-order valence-electron chi connectivity index (χ1n) is 12.4. The Morgan fingerprint density at radius 1 is 0.914 bits per heavy atom. The Hall–Kier alpha value is -4.00. The monoisotopic (exact) mass is 466 g/mol. The van der Waals surface area contributed by atoms with Gasteiger partial charge < -0.3 is 9.30 Å². The van der Waals surface area contributed by atoms with Crippen LogP contribution < -0.4 is 10.2 Å². The Kier molecular flexibility index (Phi) is 6.84. The summed E-state index contributed by atoms with van der Waals surface area (Å²) in [6.45, 7) is 5.69. The van der Waals surface area contributed by atoms with E-state index in [9.17, 15) is 0 Å². The van der Waals surface area contributed by atoms with Gasteiger partial charge in [-0.25, -0.2) is 5.43 Å². The molecule has 0 radical (unpaired) electrons. The highest BCUT2D eigenvalue weighted by Gasteiger charge is 2.14. The Bertz CT molecular complexity index is 1490. The highest BCUT2D eigenvalue weighted by Crippen LogP contribution is 2.28. The van der Waals surface area contributed by atoms with Crippen LogP contribution in [0, 0.1) is 0 Å². The SMILES string of the molecule is CCCCCCn1c2ccccc2c2nnc(N/N=C/c3c(OCC)ccc4ccccc34)nc21. The van der Waals surface area contributed by atoms with Crippen molar-refractivity contribution in [3.63, 3.8) is 0 Å². The second-order valence-corrected chi connectivity index (χ2v) is 8.54. The molecule has 0 spiro atoms. The normalized spacial score (nSPS) is 11.7. The predicted molar refractivity (Wildman–Crippen MR) is 143 cm³/mol. The first-order valence-corrected chi connectivity index (χ1v) is 12.4. The molecular formula is C28H30N6O. The molecular weight excluding hydrogens is 436 g/mol. The average molecular weight is 467 g/mol. The van der Waals surface area contributed by atoms with Gasteiger partial charge in [0.1, 0.15) is 11.3 Å². The summed E-state index contributed by atoms with van der Waals surface area (Å²) in [6, 6.07) is 20.5. The smallest absolute Gasteiger partial charge is 0.265 e. The lowest BCUT2D eigenvalue weighted by Crippen LogP contribution is -2.04. The van der Waals surface area contributed by atoms with Gasteiger partial charge in [0.25, 0.3) is 5.95 Å². The largest absolute Gasteiger partial charge is 0.493 e. The van der Waals surface area contributed by atoms with Crippen LogP contribution in [0.15, 0.2) is 65.8 Å². The summed E-state index contributed by atoms with van der Waals surface area (Å²) >= 11 is 0. The maximum Gasteiger partial charge on any atom is 0.265 e. The number of anilines is 1. The van der Waals surface area contributed by atoms with Crippen LogP contribution >= 0.6 is 0 Å². The van der Waals surface area contributed by atoms with Gasteiger partial charge in [0.05, 0.1) is 18.3 Å². The van der Waals surface area contributed by atoms with E-state index in [1.165, 1.54) is 19.3 Å². The van der Waals surface area contributed by atoms with Gasteiger partial charge in [0.2, 0.25) is 0 Å². The number of hydrogen-bond acceptors (Lipinski definition) is 6. The maximum atomic E-state index is 5.84. The minimum Gasteiger partial charge on any atom is -0.493 e. The van der Waals surface area contributed by atoms with Crippen LogP contribution in [0.5, 0.6) is 5.75 Å². The number of ether oxygens (including phenoxy) is 1. The summed E-state index contributed by atoms with van der Waals surface area (Å²) in [5.74, 6) is 1.16. The molecule has 5 rings (SSSR count). The van der Waals surface area contributed by atoms with E-state index < -0.39 is 0 Å². The van der Waals surface area contributed by atoms with Crippen LogP contribution in [0.3, 0.4) is 0 Å². The number of nitrogens with one attached hydrogen (secondary N) is 1. The topological polar surface area (TPSA) is 77.2 Å². The number of hydrogen-bond donors (Lipinski definition) is 1. The lowest BCUT2D eigenvalue weighted by Gasteiger charge is -2.10. The average Bonchev–Trinajstić information content (AvgIpc) is 3.20. The van der Waals surface area contributed by atoms with Crippen molar-refractivity contribution in [1.82, 2.24) is 19.7 Å². The van der Waals surface area contributed by atoms with Crippen molar-refractivity contribution in [3.05, 3.63) is 66.2 Å². The Morgan fingerprint density at radius 2 is 1.74 bits per heavy atom. The molecule has 0 aliphatic carbocycles. The highest BCUT2D eigenvalue weighted by molar-refractivity contribution is 6.04. The molecule has 35 heavy (non-hydrogen) atoms. The van der Waals surface area contributed by atoms with Crippen molar-refractivity contribution in [2.24, 2.45) is 5.10 Å². The number of aryl methyl sites for hydroxylation is 1. The fourth-order valence-electron chi connectivity index (χ4n) is 4.52. The van der Waals surface area contributed by atoms with E-state index in [2.05, 4.69) is 68.6 Å². The van der Waals surface area contributed by atoms with Crippen molar-refractivity contribution in [2.75, 3.05) is 12.0 Å². The van der Waals surface area contributed by atoms with Gasteiger partial charge in [-0.1, -0.05) is 74.7 Å². The summed E-state index contributed by atoms with van der Waals surface area (Å²) in [6.07, 6.45) is 6.52. The zero-order valence-electron chi connectivity index (χ0n) is 20.2. The first-order chi connectivity index (χ1) is 17.3. The van der Waals surface area contributed by atoms with E-state index >= 15 is 0 Å². The minimum absolute atomic E-state index is 0.365. The summed E-state index contributed by atoms with van der Waals surface area (Å²) in [5.41, 5.74) is 6.68. The zero-order chi connectivity index (χ0) is 24.0. The van der Waals surface area contributed by atoms with Gasteiger partial charge >= 0.3 is 0 Å². The van der Waals surface area contributed by atoms with E-state index in [4.69, 9.17) is 9.72 Å². The van der Waals surface area contributed by atoms with Crippen molar-refractivity contribution in [3.8, 4) is 5.75 Å². The van der Waals surface area contributed by atoms with Crippen LogP contribution in [-0.2, 0) is 6.54 Å². The summed E-state index contributed by atoms with van der Waals surface area (Å²) < 4.78 is 8.10. The summed E-state index contributed by atoms with van der Waals surface area (Å²) in [4.78, 5) is 4.80. The molecule has 0 unspecified atom stereocenters. The number of para-hydroxylation sites is 1. The molecule has 0 saturated carbocycles. The van der Waals surface area contributed by atoms with Crippen LogP contribution in [0.4, 0.5) is 5.95 Å². The Morgan fingerprint density at radius 3 is 2.60 bits per heavy atom. The molecule has 3 aromatic carbocycles. The molecule has 2 heterocycles. The van der Waals surface area contributed by atoms with Crippen LogP contribution in [-0.4, -0.2) is 32.6 Å². The molecule has 7 nitrogen and oxygen atoms in total. The second-order valence-electron chi connectivity index (χ2n) is 8.54. The minimum atomic E-state index is 0.365. The summed E-state index contributed by atoms with van der Waals surface area (Å²) in [7, 11) is 0. The third-order valence-electron chi connectivity index (χ3n) is 6.20. The van der Waals surface area contributed by atoms with Crippen molar-refractivity contribution >= 4 is 45.0 Å². The van der Waals surface area contributed by atoms with Gasteiger partial charge in [-0.05, 0) is 36.2 Å². The van der Waals surface area contributed by atoms with E-state index in [1.807, 2.05) is 31.2 Å². The first kappa shape index (κ1) is 22.8. The standard InChI is InChI=1S/C28H30N6O/c1-3-5-6-11-18-34-24-15-10-9-14-22(24)26-27(34)30-28(33-31-26)32-29-19-23-21-13-8-7-12-20(21)16-17-25(23)35-4-2/h7-10,12-17,19H,3-6,11,18H2,1-2H3,(H,30,32,33)/b29-19+. The second kappa shape index (κ2) is 10.5. The van der Waals surface area contributed by atoms with Gasteiger partial charge in [-0.15, -0.1) is 10.2 Å². The number of fused-ring (bicyclic) bond motifs is 4. The number of unbranched alkanes of at least 4 members (excludes halogenated alkanes) is 3. The van der Waals surface area contributed by atoms with E-state index in [0.717, 1.165) is 57.1 Å². The third-order valence-corrected chi connectivity index (χ3v) is 6.20. The lowest BCUT2D eigenvalue weighted by molar-refractivity contribution is 0.340. The molecule has 1 N–H and O–H groups in total. The molecule has 7 heteroatoms. The molecule has 2 aromatic heterocycles. The fourth-order valence-corrected chi connectivity index (χ4v) is 4.52. The molecule has 0 bridgehead atoms. The predicted octanol–water partition coefficient (Wildman–Crippen LogP) is 6.56. The molecule has 178 valence electrons.